The molecule has 1 rings (SSSR count). The van der Waals surface area contributed by atoms with E-state index in [1.54, 1.807) is 0 Å². The van der Waals surface area contributed by atoms with E-state index in [2.05, 4.69) is 0 Å². The van der Waals surface area contributed by atoms with Crippen molar-refractivity contribution >= 4 is 5.97 Å². The first-order valence-corrected chi connectivity index (χ1v) is 3.99. The van der Waals surface area contributed by atoms with Crippen LogP contribution in [-0.2, 0) is 4.79 Å². The van der Waals surface area contributed by atoms with Gasteiger partial charge in [-0.2, -0.15) is 0 Å². The van der Waals surface area contributed by atoms with Gasteiger partial charge in [-0.05, 0) is 11.6 Å². The predicted octanol–water partition coefficient (Wildman–Crippen LogP) is 1.85. The summed E-state index contributed by atoms with van der Waals surface area (Å²) in [5.74, 6) is -2.50. The van der Waals surface area contributed by atoms with Crippen LogP contribution in [0.15, 0.2) is 18.2 Å². The number of carboxylic acids is 1. The second-order valence-corrected chi connectivity index (χ2v) is 2.90. The lowest BCUT2D eigenvalue weighted by atomic mass is 10.1. The van der Waals surface area contributed by atoms with Crippen molar-refractivity contribution in [3.05, 3.63) is 35.1 Å². The highest BCUT2D eigenvalue weighted by Gasteiger charge is 2.18. The maximum atomic E-state index is 13.0. The molecule has 1 unspecified atom stereocenters. The molecular formula is C9H8F3NO2. The third-order valence-corrected chi connectivity index (χ3v) is 1.88. The van der Waals surface area contributed by atoms with Crippen molar-refractivity contribution in [2.24, 2.45) is 5.73 Å². The number of rotatable bonds is 3. The fourth-order valence-corrected chi connectivity index (χ4v) is 1.06. The largest absolute Gasteiger partial charge is 0.480 e. The Balaban J connectivity index is 3.06. The molecule has 0 spiro atoms. The summed E-state index contributed by atoms with van der Waals surface area (Å²) in [6.07, 6.45) is -2.93. The summed E-state index contributed by atoms with van der Waals surface area (Å²) in [4.78, 5) is 10.4. The minimum absolute atomic E-state index is 0.0515. The second-order valence-electron chi connectivity index (χ2n) is 2.90. The van der Waals surface area contributed by atoms with Crippen LogP contribution in [0.1, 0.15) is 23.6 Å². The number of alkyl halides is 2. The molecule has 6 heteroatoms. The molecule has 0 heterocycles. The monoisotopic (exact) mass is 219 g/mol. The molecule has 15 heavy (non-hydrogen) atoms. The second kappa shape index (κ2) is 4.31. The van der Waals surface area contributed by atoms with E-state index in [0.29, 0.717) is 6.07 Å². The maximum Gasteiger partial charge on any atom is 0.325 e. The number of halogens is 3. The number of aliphatic carboxylic acids is 1. The van der Waals surface area contributed by atoms with E-state index in [-0.39, 0.29) is 5.56 Å². The molecule has 1 atom stereocenters. The zero-order valence-electron chi connectivity index (χ0n) is 7.45. The van der Waals surface area contributed by atoms with Gasteiger partial charge < -0.3 is 10.8 Å². The van der Waals surface area contributed by atoms with Crippen LogP contribution < -0.4 is 5.73 Å². The van der Waals surface area contributed by atoms with Crippen molar-refractivity contribution in [2.45, 2.75) is 12.5 Å². The number of hydrogen-bond donors (Lipinski definition) is 2. The van der Waals surface area contributed by atoms with Crippen LogP contribution in [0.2, 0.25) is 0 Å². The van der Waals surface area contributed by atoms with E-state index in [9.17, 15) is 18.0 Å². The van der Waals surface area contributed by atoms with Gasteiger partial charge in [0.05, 0.1) is 5.56 Å². The van der Waals surface area contributed by atoms with Crippen molar-refractivity contribution in [2.75, 3.05) is 0 Å². The Morgan fingerprint density at radius 3 is 2.40 bits per heavy atom. The van der Waals surface area contributed by atoms with Crippen LogP contribution in [0.3, 0.4) is 0 Å². The molecule has 0 aliphatic rings. The Labute approximate surface area is 83.3 Å². The molecule has 0 amide bonds. The Bertz CT molecular complexity index is 382. The van der Waals surface area contributed by atoms with E-state index >= 15 is 0 Å². The summed E-state index contributed by atoms with van der Waals surface area (Å²) in [5.41, 5.74) is 4.36. The smallest absolute Gasteiger partial charge is 0.325 e. The Morgan fingerprint density at radius 1 is 1.40 bits per heavy atom. The van der Waals surface area contributed by atoms with Gasteiger partial charge in [0.2, 0.25) is 0 Å². The zero-order chi connectivity index (χ0) is 11.6. The molecule has 0 aromatic heterocycles. The van der Waals surface area contributed by atoms with Crippen molar-refractivity contribution < 1.29 is 23.1 Å². The highest BCUT2D eigenvalue weighted by molar-refractivity contribution is 5.75. The molecule has 0 bridgehead atoms. The van der Waals surface area contributed by atoms with Gasteiger partial charge in [0.25, 0.3) is 6.43 Å². The SMILES string of the molecule is NC(C(=O)O)c1ccc(C(F)F)c(F)c1. The zero-order valence-corrected chi connectivity index (χ0v) is 7.45. The van der Waals surface area contributed by atoms with Gasteiger partial charge in [-0.25, -0.2) is 13.2 Å². The Hall–Kier alpha value is -1.56. The normalized spacial score (nSPS) is 12.9. The molecule has 82 valence electrons. The van der Waals surface area contributed by atoms with Crippen LogP contribution in [0.4, 0.5) is 13.2 Å². The lowest BCUT2D eigenvalue weighted by Crippen LogP contribution is -2.20. The van der Waals surface area contributed by atoms with E-state index in [0.717, 1.165) is 12.1 Å². The van der Waals surface area contributed by atoms with Crippen molar-refractivity contribution in [1.82, 2.24) is 0 Å². The average Bonchev–Trinajstić information content (AvgIpc) is 2.15. The van der Waals surface area contributed by atoms with Gasteiger partial charge >= 0.3 is 5.97 Å². The summed E-state index contributed by atoms with van der Waals surface area (Å²) in [6.45, 7) is 0. The third-order valence-electron chi connectivity index (χ3n) is 1.88. The van der Waals surface area contributed by atoms with E-state index in [1.807, 2.05) is 0 Å². The first-order chi connectivity index (χ1) is 6.93. The molecule has 0 radical (unpaired) electrons. The quantitative estimate of drug-likeness (QED) is 0.815. The number of nitrogens with two attached hydrogens (primary N) is 1. The van der Waals surface area contributed by atoms with Crippen LogP contribution in [0, 0.1) is 5.82 Å². The number of carboxylic acid groups (broad SMARTS) is 1. The van der Waals surface area contributed by atoms with Gasteiger partial charge in [0.1, 0.15) is 11.9 Å². The van der Waals surface area contributed by atoms with E-state index in [4.69, 9.17) is 10.8 Å². The molecule has 0 aliphatic carbocycles. The standard InChI is InChI=1S/C9H8F3NO2/c10-6-3-4(7(13)9(14)15)1-2-5(6)8(11)12/h1-3,7-8H,13H2,(H,14,15). The molecule has 3 nitrogen and oxygen atoms in total. The molecule has 0 fully saturated rings. The predicted molar refractivity (Wildman–Crippen MR) is 45.9 cm³/mol. The maximum absolute atomic E-state index is 13.0. The molecular weight excluding hydrogens is 211 g/mol. The van der Waals surface area contributed by atoms with Crippen molar-refractivity contribution in [1.29, 1.82) is 0 Å². The summed E-state index contributed by atoms with van der Waals surface area (Å²) >= 11 is 0. The summed E-state index contributed by atoms with van der Waals surface area (Å²) in [5, 5.41) is 8.51. The first-order valence-electron chi connectivity index (χ1n) is 3.99. The summed E-state index contributed by atoms with van der Waals surface area (Å²) in [7, 11) is 0. The minimum atomic E-state index is -2.93. The number of carbonyl (C=O) groups is 1. The molecule has 1 aromatic carbocycles. The van der Waals surface area contributed by atoms with Gasteiger partial charge in [0, 0.05) is 0 Å². The third kappa shape index (κ3) is 2.47. The average molecular weight is 219 g/mol. The number of hydrogen-bond acceptors (Lipinski definition) is 2. The van der Waals surface area contributed by atoms with Crippen molar-refractivity contribution in [3.63, 3.8) is 0 Å². The van der Waals surface area contributed by atoms with Gasteiger partial charge in [0.15, 0.2) is 0 Å². The fraction of sp³-hybridized carbons (Fsp3) is 0.222. The summed E-state index contributed by atoms with van der Waals surface area (Å²) in [6, 6.07) is 1.20. The molecule has 3 N–H and O–H groups in total. The lowest BCUT2D eigenvalue weighted by molar-refractivity contribution is -0.138. The van der Waals surface area contributed by atoms with Crippen LogP contribution in [0.5, 0.6) is 0 Å². The van der Waals surface area contributed by atoms with Gasteiger partial charge in [-0.15, -0.1) is 0 Å². The van der Waals surface area contributed by atoms with Crippen molar-refractivity contribution in [3.8, 4) is 0 Å². The topological polar surface area (TPSA) is 63.3 Å². The first kappa shape index (κ1) is 11.5. The van der Waals surface area contributed by atoms with Gasteiger partial charge in [-0.3, -0.25) is 4.79 Å². The molecule has 0 aliphatic heterocycles. The van der Waals surface area contributed by atoms with Crippen LogP contribution >= 0.6 is 0 Å². The van der Waals surface area contributed by atoms with Gasteiger partial charge in [-0.1, -0.05) is 12.1 Å². The highest BCUT2D eigenvalue weighted by Crippen LogP contribution is 2.24. The lowest BCUT2D eigenvalue weighted by Gasteiger charge is -2.08. The molecule has 1 aromatic rings. The summed E-state index contributed by atoms with van der Waals surface area (Å²) < 4.78 is 37.3. The van der Waals surface area contributed by atoms with E-state index in [1.165, 1.54) is 0 Å². The Morgan fingerprint density at radius 2 is 2.00 bits per heavy atom. The highest BCUT2D eigenvalue weighted by atomic mass is 19.3. The molecule has 0 saturated heterocycles. The number of benzene rings is 1. The Kier molecular flexibility index (Phi) is 3.31. The fourth-order valence-electron chi connectivity index (χ4n) is 1.06. The molecule has 0 saturated carbocycles. The van der Waals surface area contributed by atoms with E-state index < -0.39 is 29.8 Å². The minimum Gasteiger partial charge on any atom is -0.480 e. The van der Waals surface area contributed by atoms with Crippen LogP contribution in [0.25, 0.3) is 0 Å². The van der Waals surface area contributed by atoms with Crippen LogP contribution in [-0.4, -0.2) is 11.1 Å².